The molecule has 0 bridgehead atoms. The van der Waals surface area contributed by atoms with E-state index in [2.05, 4.69) is 11.9 Å². The number of phenols is 1. The number of primary amides is 1. The minimum atomic E-state index is -2.65. The van der Waals surface area contributed by atoms with Crippen molar-refractivity contribution in [2.24, 2.45) is 17.6 Å². The van der Waals surface area contributed by atoms with Crippen LogP contribution < -0.4 is 16.0 Å². The van der Waals surface area contributed by atoms with Gasteiger partial charge < -0.3 is 35.8 Å². The summed E-state index contributed by atoms with van der Waals surface area (Å²) in [4.78, 5) is 51.8. The van der Waals surface area contributed by atoms with E-state index >= 15 is 0 Å². The molecule has 1 aromatic carbocycles. The molecular formula is C26H29N3O9. The summed E-state index contributed by atoms with van der Waals surface area (Å²) < 4.78 is 5.03. The van der Waals surface area contributed by atoms with Gasteiger partial charge >= 0.3 is 6.09 Å². The number of hydrogen-bond acceptors (Lipinski definition) is 10. The molecule has 12 nitrogen and oxygen atoms in total. The minimum Gasteiger partial charge on any atom is -0.508 e. The highest BCUT2D eigenvalue weighted by Crippen LogP contribution is 2.54. The summed E-state index contributed by atoms with van der Waals surface area (Å²) in [6.45, 7) is 3.60. The summed E-state index contributed by atoms with van der Waals surface area (Å²) in [6.07, 6.45) is 0.878. The first kappa shape index (κ1) is 26.7. The summed E-state index contributed by atoms with van der Waals surface area (Å²) in [7, 11) is 3.43. The number of aromatic hydroxyl groups is 1. The zero-order valence-electron chi connectivity index (χ0n) is 20.9. The van der Waals surface area contributed by atoms with Crippen LogP contribution in [0.5, 0.6) is 5.75 Å². The van der Waals surface area contributed by atoms with Crippen LogP contribution in [0.2, 0.25) is 0 Å². The van der Waals surface area contributed by atoms with Crippen molar-refractivity contribution in [1.82, 2.24) is 0 Å². The number of nitrogens with one attached hydrogen (secondary N) is 1. The second-order valence-electron chi connectivity index (χ2n) is 9.78. The lowest BCUT2D eigenvalue weighted by atomic mass is 9.59. The van der Waals surface area contributed by atoms with E-state index in [0.29, 0.717) is 17.7 Å². The zero-order valence-corrected chi connectivity index (χ0v) is 20.9. The molecule has 0 heterocycles. The van der Waals surface area contributed by atoms with Gasteiger partial charge in [-0.2, -0.15) is 0 Å². The Morgan fingerprint density at radius 3 is 2.55 bits per heavy atom. The van der Waals surface area contributed by atoms with E-state index in [1.165, 1.54) is 6.07 Å². The van der Waals surface area contributed by atoms with E-state index in [9.17, 15) is 39.6 Å². The number of anilines is 2. The first-order valence-electron chi connectivity index (χ1n) is 11.9. The van der Waals surface area contributed by atoms with Crippen molar-refractivity contribution < 1.29 is 44.3 Å². The van der Waals surface area contributed by atoms with Gasteiger partial charge in [-0.15, -0.1) is 6.58 Å². The van der Waals surface area contributed by atoms with Crippen molar-refractivity contribution in [2.75, 3.05) is 30.9 Å². The predicted octanol–water partition coefficient (Wildman–Crippen LogP) is 1.61. The molecule has 3 aliphatic rings. The van der Waals surface area contributed by atoms with Crippen LogP contribution >= 0.6 is 0 Å². The fraction of sp³-hybridized carbons (Fsp3) is 0.385. The number of nitrogens with zero attached hydrogens (tertiary/aromatic N) is 1. The third-order valence-corrected chi connectivity index (χ3v) is 7.31. The van der Waals surface area contributed by atoms with Crippen molar-refractivity contribution in [3.05, 3.63) is 46.8 Å². The first-order valence-corrected chi connectivity index (χ1v) is 11.9. The quantitative estimate of drug-likeness (QED) is 0.137. The number of aliphatic hydroxyl groups is 3. The normalized spacial score (nSPS) is 24.3. The Balaban J connectivity index is 1.86. The Morgan fingerprint density at radius 1 is 1.26 bits per heavy atom. The van der Waals surface area contributed by atoms with Crippen LogP contribution in [-0.4, -0.2) is 70.3 Å². The average molecular weight is 528 g/mol. The van der Waals surface area contributed by atoms with Crippen molar-refractivity contribution in [3.8, 4) is 5.75 Å². The number of ether oxygens (including phenoxy) is 1. The molecule has 202 valence electrons. The van der Waals surface area contributed by atoms with E-state index in [0.717, 1.165) is 0 Å². The summed E-state index contributed by atoms with van der Waals surface area (Å²) in [6, 6.07) is 1.50. The maximum atomic E-state index is 13.6. The fourth-order valence-corrected chi connectivity index (χ4v) is 5.54. The van der Waals surface area contributed by atoms with E-state index in [4.69, 9.17) is 10.5 Å². The average Bonchev–Trinajstić information content (AvgIpc) is 2.82. The fourth-order valence-electron chi connectivity index (χ4n) is 5.54. The number of Topliss-reactive ketones (excluding diaryl/α,β-unsaturated/α-hetero) is 2. The SMILES string of the molecule is C=CCCOC(=O)Nc1cc(N(C)C)c2c(c1O)C(O)=C1C(=O)[C@]3(O)C(O)=C(C(N)=O)C(=O)C[C@@H]3C[C@@H]1C2. The van der Waals surface area contributed by atoms with Gasteiger partial charge in [0.25, 0.3) is 5.91 Å². The van der Waals surface area contributed by atoms with E-state index in [1.54, 1.807) is 25.1 Å². The van der Waals surface area contributed by atoms with Crippen LogP contribution in [0.4, 0.5) is 16.2 Å². The molecule has 1 aromatic rings. The van der Waals surface area contributed by atoms with Gasteiger partial charge in [0, 0.05) is 37.7 Å². The highest BCUT2D eigenvalue weighted by Gasteiger charge is 2.60. The van der Waals surface area contributed by atoms with E-state index < -0.39 is 70.3 Å². The van der Waals surface area contributed by atoms with Crippen LogP contribution in [0.25, 0.3) is 5.76 Å². The van der Waals surface area contributed by atoms with Crippen molar-refractivity contribution in [3.63, 3.8) is 0 Å². The number of carbonyl (C=O) groups is 4. The smallest absolute Gasteiger partial charge is 0.411 e. The van der Waals surface area contributed by atoms with Gasteiger partial charge in [0.1, 0.15) is 17.1 Å². The number of nitrogens with two attached hydrogens (primary N) is 1. The number of carbonyl (C=O) groups excluding carboxylic acids is 4. The molecule has 38 heavy (non-hydrogen) atoms. The van der Waals surface area contributed by atoms with Gasteiger partial charge in [0.15, 0.2) is 17.1 Å². The number of benzene rings is 1. The lowest BCUT2D eigenvalue weighted by Gasteiger charge is -2.46. The Kier molecular flexibility index (Phi) is 6.70. The van der Waals surface area contributed by atoms with Crippen LogP contribution in [-0.2, 0) is 25.5 Å². The van der Waals surface area contributed by atoms with Crippen molar-refractivity contribution in [1.29, 1.82) is 0 Å². The van der Waals surface area contributed by atoms with Crippen LogP contribution in [0.15, 0.2) is 35.6 Å². The van der Waals surface area contributed by atoms with Crippen LogP contribution in [0.3, 0.4) is 0 Å². The number of amides is 2. The topological polar surface area (TPSA) is 200 Å². The summed E-state index contributed by atoms with van der Waals surface area (Å²) in [5.74, 6) is -7.22. The molecule has 4 rings (SSSR count). The van der Waals surface area contributed by atoms with Gasteiger partial charge in [-0.25, -0.2) is 4.79 Å². The second-order valence-corrected chi connectivity index (χ2v) is 9.78. The van der Waals surface area contributed by atoms with E-state index in [-0.39, 0.29) is 36.3 Å². The standard InChI is InChI=1S/C26H29N3O9/c1-4-5-6-38-25(36)28-14-10-15(29(2)3)13-8-11-7-12-9-16(30)19(24(27)35)23(34)26(12,37)22(33)17(11)21(32)18(13)20(14)31/h4,10-12,31-32,34,37H,1,5-9H2,2-3H3,(H2,27,35)(H,28,36)/t11-,12+,26+/m1/s1. The number of hydrogen-bond donors (Lipinski definition) is 6. The largest absolute Gasteiger partial charge is 0.508 e. The predicted molar refractivity (Wildman–Crippen MR) is 135 cm³/mol. The Labute approximate surface area is 217 Å². The summed E-state index contributed by atoms with van der Waals surface area (Å²) in [5, 5.41) is 46.8. The van der Waals surface area contributed by atoms with Crippen molar-refractivity contribution in [2.45, 2.75) is 31.3 Å². The lowest BCUT2D eigenvalue weighted by molar-refractivity contribution is -0.147. The number of rotatable bonds is 6. The molecule has 2 amide bonds. The van der Waals surface area contributed by atoms with Crippen LogP contribution in [0, 0.1) is 11.8 Å². The third-order valence-electron chi connectivity index (χ3n) is 7.31. The lowest BCUT2D eigenvalue weighted by Crippen LogP contribution is -2.58. The van der Waals surface area contributed by atoms with Gasteiger partial charge in [-0.05, 0) is 36.8 Å². The number of ketones is 2. The molecule has 0 unspecified atom stereocenters. The molecule has 3 atom stereocenters. The highest BCUT2D eigenvalue weighted by atomic mass is 16.5. The minimum absolute atomic E-state index is 0.0200. The van der Waals surface area contributed by atoms with Crippen LogP contribution in [0.1, 0.15) is 30.4 Å². The molecule has 12 heteroatoms. The van der Waals surface area contributed by atoms with Gasteiger partial charge in [0.05, 0.1) is 17.9 Å². The Morgan fingerprint density at radius 2 is 1.95 bits per heavy atom. The third kappa shape index (κ3) is 3.97. The number of aliphatic hydroxyl groups excluding tert-OH is 2. The zero-order chi connectivity index (χ0) is 28.1. The maximum absolute atomic E-state index is 13.6. The second kappa shape index (κ2) is 9.53. The monoisotopic (exact) mass is 527 g/mol. The first-order chi connectivity index (χ1) is 17.8. The molecule has 1 saturated carbocycles. The molecule has 1 fully saturated rings. The molecular weight excluding hydrogens is 498 g/mol. The number of fused-ring (bicyclic) bond motifs is 3. The molecule has 0 aromatic heterocycles. The molecule has 3 aliphatic carbocycles. The van der Waals surface area contributed by atoms with E-state index in [1.807, 2.05) is 0 Å². The van der Waals surface area contributed by atoms with Gasteiger partial charge in [-0.1, -0.05) is 6.08 Å². The van der Waals surface area contributed by atoms with Gasteiger partial charge in [-0.3, -0.25) is 19.7 Å². The molecule has 0 radical (unpaired) electrons. The summed E-state index contributed by atoms with van der Waals surface area (Å²) in [5.41, 5.74) is 2.20. The molecule has 0 spiro atoms. The molecule has 7 N–H and O–H groups in total. The van der Waals surface area contributed by atoms with Gasteiger partial charge in [0.2, 0.25) is 5.78 Å². The highest BCUT2D eigenvalue weighted by molar-refractivity contribution is 6.22. The van der Waals surface area contributed by atoms with Crippen molar-refractivity contribution >= 4 is 40.7 Å². The number of phenolic OH excluding ortho intramolecular Hbond substituents is 1. The maximum Gasteiger partial charge on any atom is 0.411 e. The molecule has 0 saturated heterocycles. The summed E-state index contributed by atoms with van der Waals surface area (Å²) >= 11 is 0. The molecule has 0 aliphatic heterocycles. The Hall–Kier alpha value is -4.32. The Bertz CT molecular complexity index is 1340.